The van der Waals surface area contributed by atoms with Gasteiger partial charge in [0.15, 0.2) is 0 Å². The minimum Gasteiger partial charge on any atom is -0.523 e. The molecule has 10 nitrogen and oxygen atoms in total. The monoisotopic (exact) mass is 811 g/mol. The lowest BCUT2D eigenvalue weighted by Gasteiger charge is -2.39. The van der Waals surface area contributed by atoms with Crippen LogP contribution in [0.4, 0.5) is 0 Å². The highest BCUT2D eigenvalue weighted by Gasteiger charge is 2.52. The summed E-state index contributed by atoms with van der Waals surface area (Å²) in [5.74, 6) is 3.39. The van der Waals surface area contributed by atoms with Crippen LogP contribution >= 0.6 is 0 Å². The molecule has 15 heteroatoms. The van der Waals surface area contributed by atoms with E-state index in [9.17, 15) is 0 Å². The molecule has 0 radical (unpaired) electrons. The van der Waals surface area contributed by atoms with Crippen molar-refractivity contribution >= 4 is 35.6 Å². The molecule has 0 aromatic heterocycles. The SMILES string of the molecule is C.C.C.C.CC(C)B(O)O.CC(C)B1OC(C)(C)C(C)(C)O1.CC(C)B1OCC(C)(C)CO1.CC(C)B1Oc2ccccc2O1.CC1CC(C)(C)OB(C(C)C)O1. The second-order valence-electron chi connectivity index (χ2n) is 18.9. The van der Waals surface area contributed by atoms with E-state index < -0.39 is 7.12 Å². The summed E-state index contributed by atoms with van der Waals surface area (Å²) >= 11 is 0. The quantitative estimate of drug-likeness (QED) is 0.279. The van der Waals surface area contributed by atoms with Crippen molar-refractivity contribution in [2.24, 2.45) is 5.41 Å². The summed E-state index contributed by atoms with van der Waals surface area (Å²) in [6, 6.07) is 7.76. The molecular formula is C42H91B5O10. The minimum absolute atomic E-state index is 0. The molecule has 0 bridgehead atoms. The maximum atomic E-state index is 8.19. The van der Waals surface area contributed by atoms with Gasteiger partial charge in [-0.15, -0.1) is 0 Å². The van der Waals surface area contributed by atoms with Gasteiger partial charge in [0, 0.05) is 30.5 Å². The lowest BCUT2D eigenvalue weighted by Crippen LogP contribution is -2.47. The van der Waals surface area contributed by atoms with E-state index in [2.05, 4.69) is 118 Å². The van der Waals surface area contributed by atoms with E-state index in [0.717, 1.165) is 31.1 Å². The first-order chi connectivity index (χ1) is 24.1. The third-order valence-electron chi connectivity index (χ3n) is 9.24. The highest BCUT2D eigenvalue weighted by molar-refractivity contribution is 6.49. The van der Waals surface area contributed by atoms with E-state index in [1.54, 1.807) is 13.8 Å². The van der Waals surface area contributed by atoms with Crippen LogP contribution in [0.3, 0.4) is 0 Å². The van der Waals surface area contributed by atoms with E-state index in [1.807, 2.05) is 24.3 Å². The minimum atomic E-state index is -1.15. The first-order valence-electron chi connectivity index (χ1n) is 19.8. The van der Waals surface area contributed by atoms with Gasteiger partial charge >= 0.3 is 35.6 Å². The largest absolute Gasteiger partial charge is 0.597 e. The van der Waals surface area contributed by atoms with Gasteiger partial charge in [0.25, 0.3) is 0 Å². The molecule has 0 aliphatic carbocycles. The Kier molecular flexibility index (Phi) is 29.5. The highest BCUT2D eigenvalue weighted by Crippen LogP contribution is 2.39. The van der Waals surface area contributed by atoms with Crippen molar-refractivity contribution in [3.05, 3.63) is 24.3 Å². The summed E-state index contributed by atoms with van der Waals surface area (Å²) in [5, 5.41) is 16.4. The molecule has 2 N–H and O–H groups in total. The predicted molar refractivity (Wildman–Crippen MR) is 250 cm³/mol. The summed E-state index contributed by atoms with van der Waals surface area (Å²) in [6.07, 6.45) is 1.30. The summed E-state index contributed by atoms with van der Waals surface area (Å²) in [7, 11) is -1.31. The average molecular weight is 810 g/mol. The number of hydrogen-bond donors (Lipinski definition) is 2. The third kappa shape index (κ3) is 22.3. The van der Waals surface area contributed by atoms with Crippen molar-refractivity contribution in [2.75, 3.05) is 13.2 Å². The second kappa shape index (κ2) is 26.9. The molecule has 1 atom stereocenters. The van der Waals surface area contributed by atoms with Crippen LogP contribution in [0.2, 0.25) is 29.1 Å². The van der Waals surface area contributed by atoms with Crippen molar-refractivity contribution in [3.63, 3.8) is 0 Å². The van der Waals surface area contributed by atoms with Crippen LogP contribution in [-0.4, -0.2) is 81.8 Å². The molecule has 3 fully saturated rings. The van der Waals surface area contributed by atoms with Crippen LogP contribution in [-0.2, 0) is 27.9 Å². The fraction of sp³-hybridized carbons (Fsp3) is 0.857. The van der Waals surface area contributed by atoms with E-state index >= 15 is 0 Å². The summed E-state index contributed by atoms with van der Waals surface area (Å²) in [6.45, 7) is 41.0. The topological polar surface area (TPSA) is 114 Å². The zero-order chi connectivity index (χ0) is 41.1. The van der Waals surface area contributed by atoms with Gasteiger partial charge < -0.3 is 47.3 Å². The molecule has 0 saturated carbocycles. The average Bonchev–Trinajstić information content (AvgIpc) is 3.55. The molecule has 4 aliphatic heterocycles. The zero-order valence-electron chi connectivity index (χ0n) is 36.9. The van der Waals surface area contributed by atoms with Gasteiger partial charge in [-0.25, -0.2) is 0 Å². The summed E-state index contributed by atoms with van der Waals surface area (Å²) < 4.78 is 45.2. The Hall–Kier alpha value is -1.18. The first kappa shape index (κ1) is 62.5. The molecule has 3 saturated heterocycles. The zero-order valence-corrected chi connectivity index (χ0v) is 36.9. The molecule has 57 heavy (non-hydrogen) atoms. The lowest BCUT2D eigenvalue weighted by atomic mass is 9.71. The Morgan fingerprint density at radius 1 is 0.579 bits per heavy atom. The van der Waals surface area contributed by atoms with Crippen LogP contribution in [0, 0.1) is 5.41 Å². The molecule has 0 amide bonds. The Morgan fingerprint density at radius 2 is 0.930 bits per heavy atom. The maximum absolute atomic E-state index is 8.19. The lowest BCUT2D eigenvalue weighted by molar-refractivity contribution is -0.0314. The molecule has 1 unspecified atom stereocenters. The molecular weight excluding hydrogens is 719 g/mol. The molecule has 4 heterocycles. The van der Waals surface area contributed by atoms with Gasteiger partial charge in [-0.05, 0) is 90.3 Å². The van der Waals surface area contributed by atoms with Crippen molar-refractivity contribution in [1.29, 1.82) is 0 Å². The number of benzene rings is 1. The molecule has 334 valence electrons. The number of fused-ring (bicyclic) bond motifs is 1. The predicted octanol–water partition coefficient (Wildman–Crippen LogP) is 11.7. The van der Waals surface area contributed by atoms with Gasteiger partial charge in [-0.1, -0.05) is 125 Å². The molecule has 0 spiro atoms. The Labute approximate surface area is 356 Å². The van der Waals surface area contributed by atoms with Gasteiger partial charge in [-0.2, -0.15) is 0 Å². The van der Waals surface area contributed by atoms with Crippen molar-refractivity contribution in [2.45, 2.75) is 220 Å². The maximum Gasteiger partial charge on any atom is 0.597 e. The van der Waals surface area contributed by atoms with Crippen LogP contribution in [0.5, 0.6) is 11.5 Å². The van der Waals surface area contributed by atoms with Crippen LogP contribution in [0.1, 0.15) is 168 Å². The third-order valence-corrected chi connectivity index (χ3v) is 9.24. The first-order valence-corrected chi connectivity index (χ1v) is 19.8. The fourth-order valence-electron chi connectivity index (χ4n) is 5.10. The van der Waals surface area contributed by atoms with Crippen LogP contribution in [0.25, 0.3) is 0 Å². The highest BCUT2D eigenvalue weighted by atomic mass is 16.7. The molecule has 1 aromatic rings. The molecule has 1 aromatic carbocycles. The number of hydrogen-bond acceptors (Lipinski definition) is 10. The molecule has 5 rings (SSSR count). The van der Waals surface area contributed by atoms with Gasteiger partial charge in [0.1, 0.15) is 11.5 Å². The second-order valence-corrected chi connectivity index (χ2v) is 18.9. The fourth-order valence-corrected chi connectivity index (χ4v) is 5.10. The van der Waals surface area contributed by atoms with Crippen LogP contribution < -0.4 is 9.31 Å². The van der Waals surface area contributed by atoms with Gasteiger partial charge in [-0.3, -0.25) is 0 Å². The van der Waals surface area contributed by atoms with Crippen molar-refractivity contribution in [1.82, 2.24) is 0 Å². The number of para-hydroxylation sites is 2. The Morgan fingerprint density at radius 3 is 1.21 bits per heavy atom. The number of rotatable bonds is 5. The van der Waals surface area contributed by atoms with Gasteiger partial charge in [0.2, 0.25) is 0 Å². The van der Waals surface area contributed by atoms with Crippen molar-refractivity contribution in [3.8, 4) is 11.5 Å². The van der Waals surface area contributed by atoms with E-state index in [0.29, 0.717) is 29.4 Å². The smallest absolute Gasteiger partial charge is 0.523 e. The Bertz CT molecular complexity index is 1120. The van der Waals surface area contributed by atoms with E-state index in [1.165, 1.54) is 0 Å². The van der Waals surface area contributed by atoms with E-state index in [-0.39, 0.29) is 86.2 Å². The Balaban J connectivity index is -0.000000307. The molecule has 4 aliphatic rings. The van der Waals surface area contributed by atoms with Gasteiger partial charge in [0.05, 0.1) is 16.8 Å². The summed E-state index contributed by atoms with van der Waals surface area (Å²) in [4.78, 5) is 0. The van der Waals surface area contributed by atoms with Crippen LogP contribution in [0.15, 0.2) is 24.3 Å². The van der Waals surface area contributed by atoms with E-state index in [4.69, 9.17) is 47.3 Å². The normalized spacial score (nSPS) is 20.5. The van der Waals surface area contributed by atoms with Crippen molar-refractivity contribution < 1.29 is 47.3 Å². The summed E-state index contributed by atoms with van der Waals surface area (Å²) in [5.41, 5.74) is -0.179. The standard InChI is InChI=1S/C9H11BO2.2C9H19BO2.C8H17BO2.C3H9BO2.4CH4/c1-7(2)10-11-8-5-3-4-6-9(8)12-10;1-7(2)10-11-8(3)6-9(4,5)12-10;1-7(2)10-11-8(3,4)9(5,6)12-10;1-7(2)9-10-5-8(3,4)6-11-9;1-3(2)4(5)6;;;;/h3-7H,1-2H3;7-8H,6H2,1-5H3;7H,1-6H3;7H,5-6H2,1-4H3;3,5-6H,1-2H3;4*1H4.